The van der Waals surface area contributed by atoms with Gasteiger partial charge in [0.05, 0.1) is 12.2 Å². The fourth-order valence-corrected chi connectivity index (χ4v) is 5.66. The molecule has 0 aliphatic carbocycles. The van der Waals surface area contributed by atoms with Crippen LogP contribution in [0.15, 0.2) is 0 Å². The van der Waals surface area contributed by atoms with Crippen LogP contribution in [0.25, 0.3) is 0 Å². The molecule has 1 heterocycles. The third kappa shape index (κ3) is 1.30. The van der Waals surface area contributed by atoms with Crippen LogP contribution in [0, 0.1) is 11.3 Å². The molecule has 1 saturated heterocycles. The van der Waals surface area contributed by atoms with Gasteiger partial charge in [0.2, 0.25) is 0 Å². The lowest BCUT2D eigenvalue weighted by atomic mass is 9.78. The van der Waals surface area contributed by atoms with Crippen LogP contribution in [0.4, 0.5) is 0 Å². The molecule has 0 saturated carbocycles. The van der Waals surface area contributed by atoms with Crippen molar-refractivity contribution in [2.75, 3.05) is 6.26 Å². The van der Waals surface area contributed by atoms with Crippen LogP contribution in [0.2, 0.25) is 0 Å². The Bertz CT molecular complexity index is 164. The molecule has 1 fully saturated rings. The highest BCUT2D eigenvalue weighted by atomic mass is 32.2. The molecule has 1 aliphatic heterocycles. The monoisotopic (exact) mass is 187 g/mol. The first-order valence-electron chi connectivity index (χ1n) is 4.84. The van der Waals surface area contributed by atoms with E-state index in [0.29, 0.717) is 21.1 Å². The van der Waals surface area contributed by atoms with Crippen LogP contribution in [0.1, 0.15) is 41.5 Å². The van der Waals surface area contributed by atoms with Crippen molar-refractivity contribution in [1.29, 1.82) is 0 Å². The lowest BCUT2D eigenvalue weighted by molar-refractivity contribution is 0.248. The van der Waals surface area contributed by atoms with Crippen molar-refractivity contribution in [1.82, 2.24) is 0 Å². The molecule has 12 heavy (non-hydrogen) atoms. The van der Waals surface area contributed by atoms with Crippen LogP contribution < -0.4 is 0 Å². The Morgan fingerprint density at radius 3 is 1.75 bits per heavy atom. The molecule has 0 bridgehead atoms. The van der Waals surface area contributed by atoms with Gasteiger partial charge in [-0.05, 0) is 24.7 Å². The predicted octanol–water partition coefficient (Wildman–Crippen LogP) is 3.08. The largest absolute Gasteiger partial charge is 0.130 e. The van der Waals surface area contributed by atoms with Gasteiger partial charge in [-0.3, -0.25) is 0 Å². The summed E-state index contributed by atoms with van der Waals surface area (Å²) in [7, 11) is 0.610. The Labute approximate surface area is 80.5 Å². The third-order valence-electron chi connectivity index (χ3n) is 3.61. The molecule has 3 atom stereocenters. The van der Waals surface area contributed by atoms with Gasteiger partial charge in [-0.1, -0.05) is 27.7 Å². The predicted molar refractivity (Wildman–Crippen MR) is 59.8 cm³/mol. The summed E-state index contributed by atoms with van der Waals surface area (Å²) >= 11 is 0. The van der Waals surface area contributed by atoms with Crippen LogP contribution in [0.3, 0.4) is 0 Å². The van der Waals surface area contributed by atoms with Crippen molar-refractivity contribution in [2.24, 2.45) is 11.3 Å². The average Bonchev–Trinajstić information content (AvgIpc) is 1.85. The molecule has 0 aromatic carbocycles. The normalized spacial score (nSPS) is 40.8. The highest BCUT2D eigenvalue weighted by Crippen LogP contribution is 2.52. The van der Waals surface area contributed by atoms with Crippen LogP contribution in [-0.2, 0) is 10.9 Å². The lowest BCUT2D eigenvalue weighted by Crippen LogP contribution is -2.65. The molecule has 0 nitrogen and oxygen atoms in total. The Kier molecular flexibility index (Phi) is 2.32. The first-order chi connectivity index (χ1) is 5.19. The molecule has 1 rings (SSSR count). The lowest BCUT2D eigenvalue weighted by Gasteiger charge is -2.51. The minimum absolute atomic E-state index is 0.507. The van der Waals surface area contributed by atoms with Gasteiger partial charge in [-0.25, -0.2) is 0 Å². The van der Waals surface area contributed by atoms with E-state index in [1.54, 1.807) is 0 Å². The molecule has 0 aromatic rings. The second-order valence-electron chi connectivity index (χ2n) is 5.74. The molecule has 72 valence electrons. The highest BCUT2D eigenvalue weighted by molar-refractivity contribution is 7.99. The molecular weight excluding hydrogens is 164 g/mol. The highest BCUT2D eigenvalue weighted by Gasteiger charge is 2.64. The van der Waals surface area contributed by atoms with Gasteiger partial charge in [-0.2, -0.15) is 0 Å². The summed E-state index contributed by atoms with van der Waals surface area (Å²) in [6, 6.07) is 0. The Balaban J connectivity index is 2.76. The Morgan fingerprint density at radius 2 is 1.58 bits per heavy atom. The molecule has 1 aliphatic rings. The zero-order valence-corrected chi connectivity index (χ0v) is 10.4. The van der Waals surface area contributed by atoms with Crippen molar-refractivity contribution >= 4 is 10.9 Å². The van der Waals surface area contributed by atoms with Gasteiger partial charge >= 0.3 is 0 Å². The van der Waals surface area contributed by atoms with Crippen molar-refractivity contribution < 1.29 is 0 Å². The van der Waals surface area contributed by atoms with E-state index in [2.05, 4.69) is 47.8 Å². The van der Waals surface area contributed by atoms with Gasteiger partial charge in [0.25, 0.3) is 0 Å². The first-order valence-corrected chi connectivity index (χ1v) is 6.53. The average molecular weight is 187 g/mol. The Morgan fingerprint density at radius 1 is 1.17 bits per heavy atom. The second-order valence-corrected chi connectivity index (χ2v) is 8.41. The van der Waals surface area contributed by atoms with Gasteiger partial charge in [-0.15, -0.1) is 0 Å². The molecule has 1 unspecified atom stereocenters. The summed E-state index contributed by atoms with van der Waals surface area (Å²) < 4.78 is 0.595. The van der Waals surface area contributed by atoms with Crippen molar-refractivity contribution in [3.8, 4) is 0 Å². The maximum Gasteiger partial charge on any atom is 0.130 e. The van der Waals surface area contributed by atoms with Crippen LogP contribution in [-0.4, -0.2) is 16.3 Å². The van der Waals surface area contributed by atoms with Crippen molar-refractivity contribution in [3.63, 3.8) is 0 Å². The fraction of sp³-hybridized carbons (Fsp3) is 1.00. The topological polar surface area (TPSA) is 0 Å². The smallest absolute Gasteiger partial charge is 0.0554 e. The minimum Gasteiger partial charge on any atom is -0.0554 e. The molecule has 0 aromatic heterocycles. The minimum atomic E-state index is 0.507. The first kappa shape index (κ1) is 10.4. The van der Waals surface area contributed by atoms with Gasteiger partial charge in [0, 0.05) is 5.41 Å². The molecule has 0 amide bonds. The fourth-order valence-electron chi connectivity index (χ4n) is 2.50. The third-order valence-corrected chi connectivity index (χ3v) is 7.52. The van der Waals surface area contributed by atoms with E-state index >= 15 is 0 Å². The summed E-state index contributed by atoms with van der Waals surface area (Å²) in [6.07, 6.45) is 2.44. The van der Waals surface area contributed by atoms with Crippen LogP contribution >= 0.6 is 0 Å². The zero-order chi connectivity index (χ0) is 9.73. The molecule has 0 radical (unpaired) electrons. The maximum absolute atomic E-state index is 2.44. The van der Waals surface area contributed by atoms with E-state index in [4.69, 9.17) is 0 Å². The van der Waals surface area contributed by atoms with Gasteiger partial charge < -0.3 is 0 Å². The summed E-state index contributed by atoms with van der Waals surface area (Å²) in [4.78, 5) is 0. The number of hydrogen-bond acceptors (Lipinski definition) is 0. The molecular formula is C11H23S+. The van der Waals surface area contributed by atoms with E-state index < -0.39 is 0 Å². The molecule has 1 heteroatoms. The van der Waals surface area contributed by atoms with Crippen LogP contribution in [0.5, 0.6) is 0 Å². The Hall–Kier alpha value is 0.350. The van der Waals surface area contributed by atoms with Gasteiger partial charge in [0.15, 0.2) is 0 Å². The number of hydrogen-bond donors (Lipinski definition) is 0. The van der Waals surface area contributed by atoms with E-state index in [1.807, 2.05) is 0 Å². The summed E-state index contributed by atoms with van der Waals surface area (Å²) in [5, 5.41) is 0.937. The standard InChI is InChI=1S/C11H23S/c1-8-9(10(2,3)4)12(7)11(8,5)6/h8-9H,1-7H3/q+1/t8-,9-,12?/m0/s1. The van der Waals surface area contributed by atoms with E-state index in [0.717, 1.165) is 11.2 Å². The van der Waals surface area contributed by atoms with E-state index in [9.17, 15) is 0 Å². The second kappa shape index (κ2) is 2.67. The summed E-state index contributed by atoms with van der Waals surface area (Å²) in [5.41, 5.74) is 0.507. The van der Waals surface area contributed by atoms with Crippen molar-refractivity contribution in [2.45, 2.75) is 51.5 Å². The van der Waals surface area contributed by atoms with E-state index in [-0.39, 0.29) is 0 Å². The number of rotatable bonds is 0. The van der Waals surface area contributed by atoms with E-state index in [1.165, 1.54) is 0 Å². The van der Waals surface area contributed by atoms with Gasteiger partial charge in [0.1, 0.15) is 10.00 Å². The molecule has 0 N–H and O–H groups in total. The summed E-state index contributed by atoms with van der Waals surface area (Å²) in [5.74, 6) is 0.894. The SMILES string of the molecule is C[C@H]1[C@@H](C(C)(C)C)[S+](C)C1(C)C. The van der Waals surface area contributed by atoms with Crippen molar-refractivity contribution in [3.05, 3.63) is 0 Å². The summed E-state index contributed by atoms with van der Waals surface area (Å²) in [6.45, 7) is 14.4. The molecule has 0 spiro atoms. The quantitative estimate of drug-likeness (QED) is 0.511. The zero-order valence-electron chi connectivity index (χ0n) is 9.56. The maximum atomic E-state index is 2.44.